The first-order valence-corrected chi connectivity index (χ1v) is 8.56. The Hall–Kier alpha value is -3.19. The van der Waals surface area contributed by atoms with Gasteiger partial charge in [0.1, 0.15) is 5.82 Å². The molecule has 2 aromatic carbocycles. The quantitative estimate of drug-likeness (QED) is 0.605. The average molecular weight is 369 g/mol. The van der Waals surface area contributed by atoms with E-state index in [4.69, 9.17) is 4.74 Å². The van der Waals surface area contributed by atoms with Crippen molar-refractivity contribution >= 4 is 22.9 Å². The van der Waals surface area contributed by atoms with Crippen LogP contribution in [-0.2, 0) is 9.53 Å². The molecule has 0 bridgehead atoms. The van der Waals surface area contributed by atoms with Gasteiger partial charge < -0.3 is 14.7 Å². The summed E-state index contributed by atoms with van der Waals surface area (Å²) in [6, 6.07) is 15.1. The smallest absolute Gasteiger partial charge is 0.357 e. The maximum Gasteiger partial charge on any atom is 0.357 e. The van der Waals surface area contributed by atoms with E-state index in [1.807, 2.05) is 35.2 Å². The maximum atomic E-state index is 13.8. The van der Waals surface area contributed by atoms with Crippen molar-refractivity contribution < 1.29 is 19.0 Å². The Labute approximate surface area is 156 Å². The molecule has 27 heavy (non-hydrogen) atoms. The summed E-state index contributed by atoms with van der Waals surface area (Å²) in [5.74, 6) is -1.72. The Balaban J connectivity index is 1.98. The summed E-state index contributed by atoms with van der Waals surface area (Å²) in [4.78, 5) is 13.9. The lowest BCUT2D eigenvalue weighted by Gasteiger charge is -2.26. The zero-order valence-corrected chi connectivity index (χ0v) is 14.6. The fourth-order valence-corrected chi connectivity index (χ4v) is 2.67. The van der Waals surface area contributed by atoms with Crippen molar-refractivity contribution in [2.75, 3.05) is 31.7 Å². The van der Waals surface area contributed by atoms with E-state index in [1.54, 1.807) is 18.3 Å². The molecule has 0 atom stereocenters. The highest BCUT2D eigenvalue weighted by molar-refractivity contribution is 6.53. The number of aliphatic carboxylic acids is 1. The molecule has 1 heterocycles. The number of carboxylic acids is 1. The van der Waals surface area contributed by atoms with Gasteiger partial charge >= 0.3 is 5.97 Å². The van der Waals surface area contributed by atoms with E-state index >= 15 is 0 Å². The van der Waals surface area contributed by atoms with Crippen molar-refractivity contribution in [1.82, 2.24) is 4.90 Å². The number of hydrazone groups is 1. The molecule has 1 fully saturated rings. The molecule has 0 radical (unpaired) electrons. The molecule has 140 valence electrons. The topological polar surface area (TPSA) is 74.2 Å². The summed E-state index contributed by atoms with van der Waals surface area (Å²) in [5, 5.41) is 13.7. The Morgan fingerprint density at radius 3 is 2.44 bits per heavy atom. The second kappa shape index (κ2) is 8.95. The number of ether oxygens (including phenoxy) is 1. The Morgan fingerprint density at radius 2 is 1.78 bits per heavy atom. The van der Waals surface area contributed by atoms with Crippen molar-refractivity contribution in [2.24, 2.45) is 5.10 Å². The molecule has 0 saturated carbocycles. The fraction of sp³-hybridized carbons (Fsp3) is 0.200. The van der Waals surface area contributed by atoms with E-state index in [9.17, 15) is 14.3 Å². The van der Waals surface area contributed by atoms with Crippen LogP contribution in [-0.4, -0.2) is 48.0 Å². The summed E-state index contributed by atoms with van der Waals surface area (Å²) in [6.07, 6.45) is 1.77. The number of hydrogen-bond acceptors (Lipinski definition) is 5. The monoisotopic (exact) mass is 369 g/mol. The van der Waals surface area contributed by atoms with Crippen LogP contribution in [0.3, 0.4) is 0 Å². The van der Waals surface area contributed by atoms with Gasteiger partial charge in [-0.25, -0.2) is 9.18 Å². The molecular formula is C20H20FN3O3. The van der Waals surface area contributed by atoms with Crippen molar-refractivity contribution in [3.8, 4) is 0 Å². The van der Waals surface area contributed by atoms with E-state index in [-0.39, 0.29) is 11.4 Å². The number of carboxylic acid groups (broad SMARTS) is 1. The summed E-state index contributed by atoms with van der Waals surface area (Å²) in [7, 11) is 0. The van der Waals surface area contributed by atoms with Crippen LogP contribution in [0.4, 0.5) is 10.1 Å². The van der Waals surface area contributed by atoms with E-state index in [0.29, 0.717) is 37.4 Å². The third kappa shape index (κ3) is 4.92. The average Bonchev–Trinajstić information content (AvgIpc) is 2.70. The highest BCUT2D eigenvalue weighted by Crippen LogP contribution is 2.20. The van der Waals surface area contributed by atoms with E-state index in [0.717, 1.165) is 0 Å². The number of nitrogens with zero attached hydrogens (tertiary/aromatic N) is 2. The third-order valence-electron chi connectivity index (χ3n) is 4.06. The van der Waals surface area contributed by atoms with Gasteiger partial charge in [-0.2, -0.15) is 5.10 Å². The number of morpholine rings is 1. The number of rotatable bonds is 6. The van der Waals surface area contributed by atoms with Crippen LogP contribution in [0.15, 0.2) is 65.9 Å². The lowest BCUT2D eigenvalue weighted by molar-refractivity contribution is -0.129. The minimum atomic E-state index is -1.21. The molecule has 7 heteroatoms. The van der Waals surface area contributed by atoms with Gasteiger partial charge in [-0.1, -0.05) is 42.5 Å². The number of benzene rings is 2. The first-order chi connectivity index (χ1) is 13.1. The van der Waals surface area contributed by atoms with Crippen LogP contribution in [0.2, 0.25) is 0 Å². The van der Waals surface area contributed by atoms with Crippen LogP contribution in [0, 0.1) is 5.82 Å². The van der Waals surface area contributed by atoms with Gasteiger partial charge in [0.15, 0.2) is 5.71 Å². The van der Waals surface area contributed by atoms with Crippen LogP contribution in [0.5, 0.6) is 0 Å². The number of para-hydroxylation sites is 1. The maximum absolute atomic E-state index is 13.8. The lowest BCUT2D eigenvalue weighted by atomic mass is 10.0. The lowest BCUT2D eigenvalue weighted by Crippen LogP contribution is -2.33. The Bertz CT molecular complexity index is 847. The predicted octanol–water partition coefficient (Wildman–Crippen LogP) is 3.05. The molecule has 3 rings (SSSR count). The Kier molecular flexibility index (Phi) is 6.17. The minimum absolute atomic E-state index is 0.107. The van der Waals surface area contributed by atoms with Gasteiger partial charge in [-0.15, -0.1) is 0 Å². The van der Waals surface area contributed by atoms with Gasteiger partial charge in [-0.3, -0.25) is 5.43 Å². The molecule has 1 saturated heterocycles. The summed E-state index contributed by atoms with van der Waals surface area (Å²) in [6.45, 7) is 2.46. The molecule has 2 N–H and O–H groups in total. The molecular weight excluding hydrogens is 349 g/mol. The summed E-state index contributed by atoms with van der Waals surface area (Å²) >= 11 is 0. The van der Waals surface area contributed by atoms with Crippen molar-refractivity contribution in [3.63, 3.8) is 0 Å². The summed E-state index contributed by atoms with van der Waals surface area (Å²) < 4.78 is 19.2. The van der Waals surface area contributed by atoms with Crippen LogP contribution in [0.1, 0.15) is 5.56 Å². The molecule has 1 aliphatic rings. The van der Waals surface area contributed by atoms with Crippen molar-refractivity contribution in [2.45, 2.75) is 0 Å². The normalized spacial score (nSPS) is 15.5. The highest BCUT2D eigenvalue weighted by Gasteiger charge is 2.20. The SMILES string of the molecule is O=C(O)C(=N\Nc1ccccc1F)/C(=C/N1CCOCC1)c1ccccc1. The zero-order valence-electron chi connectivity index (χ0n) is 14.6. The highest BCUT2D eigenvalue weighted by atomic mass is 19.1. The predicted molar refractivity (Wildman–Crippen MR) is 102 cm³/mol. The standard InChI is InChI=1S/C20H20FN3O3/c21-17-8-4-5-9-18(17)22-23-19(20(25)26)16(15-6-2-1-3-7-15)14-24-10-12-27-13-11-24/h1-9,14,22H,10-13H2,(H,25,26)/b16-14+,23-19-. The number of nitrogens with one attached hydrogen (secondary N) is 1. The third-order valence-corrected chi connectivity index (χ3v) is 4.06. The second-order valence-corrected chi connectivity index (χ2v) is 5.91. The van der Waals surface area contributed by atoms with Crippen molar-refractivity contribution in [3.05, 3.63) is 72.2 Å². The van der Waals surface area contributed by atoms with Crippen LogP contribution < -0.4 is 5.43 Å². The molecule has 0 unspecified atom stereocenters. The molecule has 1 aliphatic heterocycles. The van der Waals surface area contributed by atoms with Gasteiger partial charge in [-0.05, 0) is 17.7 Å². The second-order valence-electron chi connectivity index (χ2n) is 5.91. The first-order valence-electron chi connectivity index (χ1n) is 8.56. The van der Waals surface area contributed by atoms with Gasteiger partial charge in [0.25, 0.3) is 0 Å². The zero-order chi connectivity index (χ0) is 19.1. The van der Waals surface area contributed by atoms with Gasteiger partial charge in [0.05, 0.1) is 18.9 Å². The molecule has 6 nitrogen and oxygen atoms in total. The largest absolute Gasteiger partial charge is 0.476 e. The van der Waals surface area contributed by atoms with Crippen LogP contribution in [0.25, 0.3) is 5.57 Å². The number of anilines is 1. The first kappa shape index (κ1) is 18.6. The fourth-order valence-electron chi connectivity index (χ4n) is 2.67. The minimum Gasteiger partial charge on any atom is -0.476 e. The number of carbonyl (C=O) groups is 1. The molecule has 0 amide bonds. The molecule has 0 spiro atoms. The van der Waals surface area contributed by atoms with Gasteiger partial charge in [0, 0.05) is 24.9 Å². The van der Waals surface area contributed by atoms with E-state index in [1.165, 1.54) is 12.1 Å². The van der Waals surface area contributed by atoms with Gasteiger partial charge in [0.2, 0.25) is 0 Å². The number of halogens is 1. The van der Waals surface area contributed by atoms with Crippen molar-refractivity contribution in [1.29, 1.82) is 0 Å². The van der Waals surface area contributed by atoms with Crippen LogP contribution >= 0.6 is 0 Å². The summed E-state index contributed by atoms with van der Waals surface area (Å²) in [5.41, 5.74) is 3.59. The Morgan fingerprint density at radius 1 is 1.11 bits per heavy atom. The van der Waals surface area contributed by atoms with E-state index in [2.05, 4.69) is 10.5 Å². The molecule has 2 aromatic rings. The molecule has 0 aliphatic carbocycles. The number of hydrogen-bond donors (Lipinski definition) is 2. The molecule has 0 aromatic heterocycles. The van der Waals surface area contributed by atoms with E-state index < -0.39 is 11.8 Å².